The highest BCUT2D eigenvalue weighted by atomic mass is 32.3. The van der Waals surface area contributed by atoms with E-state index in [1.165, 1.54) is 25.7 Å². The molecule has 0 atom stereocenters. The van der Waals surface area contributed by atoms with E-state index in [-0.39, 0.29) is 0 Å². The Hall–Kier alpha value is 0.310. The van der Waals surface area contributed by atoms with Gasteiger partial charge in [0.25, 0.3) is 0 Å². The zero-order valence-corrected chi connectivity index (χ0v) is 10.5. The van der Waals surface area contributed by atoms with E-state index in [2.05, 4.69) is 33.3 Å². The fraction of sp³-hybridized carbons (Fsp3) is 1.00. The number of rotatable bonds is 2. The first kappa shape index (κ1) is 11.4. The maximum absolute atomic E-state index is 6.25. The predicted octanol–water partition coefficient (Wildman–Crippen LogP) is 3.72. The molecule has 0 spiro atoms. The fourth-order valence-electron chi connectivity index (χ4n) is 1.47. The molecule has 1 nitrogen and oxygen atoms in total. The van der Waals surface area contributed by atoms with Gasteiger partial charge in [-0.25, -0.2) is 0 Å². The van der Waals surface area contributed by atoms with E-state index in [1.807, 2.05) is 0 Å². The molecule has 0 heterocycles. The predicted molar refractivity (Wildman–Crippen MR) is 62.5 cm³/mol. The zero-order chi connectivity index (χ0) is 10.1. The van der Waals surface area contributed by atoms with Crippen LogP contribution in [0.4, 0.5) is 0 Å². The quantitative estimate of drug-likeness (QED) is 0.666. The molecule has 1 fully saturated rings. The summed E-state index contributed by atoms with van der Waals surface area (Å²) in [7, 11) is -0.881. The van der Waals surface area contributed by atoms with E-state index in [4.69, 9.17) is 4.18 Å². The second-order valence-corrected chi connectivity index (χ2v) is 9.23. The van der Waals surface area contributed by atoms with Crippen molar-refractivity contribution >= 4 is 10.3 Å². The summed E-state index contributed by atoms with van der Waals surface area (Å²) in [4.78, 5) is 0. The second-order valence-electron chi connectivity index (χ2n) is 5.35. The fourth-order valence-corrected chi connectivity index (χ4v) is 2.63. The first-order valence-corrected chi connectivity index (χ1v) is 7.61. The molecule has 80 valence electrons. The summed E-state index contributed by atoms with van der Waals surface area (Å²) in [6.45, 7) is 6.87. The van der Waals surface area contributed by atoms with Gasteiger partial charge in [-0.05, 0) is 25.4 Å². The average molecular weight is 204 g/mol. The first-order chi connectivity index (χ1) is 5.83. The van der Waals surface area contributed by atoms with Crippen molar-refractivity contribution in [3.63, 3.8) is 0 Å². The second kappa shape index (κ2) is 3.82. The van der Waals surface area contributed by atoms with Crippen molar-refractivity contribution in [1.29, 1.82) is 0 Å². The van der Waals surface area contributed by atoms with Crippen molar-refractivity contribution in [2.24, 2.45) is 0 Å². The summed E-state index contributed by atoms with van der Waals surface area (Å²) in [5.41, 5.74) is 0. The van der Waals surface area contributed by atoms with E-state index < -0.39 is 10.3 Å². The van der Waals surface area contributed by atoms with Gasteiger partial charge in [-0.3, -0.25) is 0 Å². The molecule has 0 unspecified atom stereocenters. The van der Waals surface area contributed by atoms with Crippen LogP contribution in [-0.2, 0) is 4.18 Å². The van der Waals surface area contributed by atoms with Gasteiger partial charge >= 0.3 is 0 Å². The van der Waals surface area contributed by atoms with Crippen LogP contribution < -0.4 is 0 Å². The van der Waals surface area contributed by atoms with Gasteiger partial charge in [0.15, 0.2) is 0 Å². The standard InChI is InChI=1S/C11H24OS/c1-11(2,3)13(4,5)12-10-8-6-7-9-10/h10H,6-9H2,1-5H3. The Kier molecular flexibility index (Phi) is 3.34. The Morgan fingerprint density at radius 3 is 1.92 bits per heavy atom. The molecule has 0 amide bonds. The van der Waals surface area contributed by atoms with Gasteiger partial charge in [0.2, 0.25) is 0 Å². The number of hydrogen-bond donors (Lipinski definition) is 0. The van der Waals surface area contributed by atoms with Crippen LogP contribution in [0.15, 0.2) is 0 Å². The largest absolute Gasteiger partial charge is 0.333 e. The molecule has 1 saturated carbocycles. The molecule has 2 heteroatoms. The Labute approximate surface area is 84.8 Å². The highest BCUT2D eigenvalue weighted by Gasteiger charge is 2.32. The molecule has 1 aliphatic carbocycles. The number of hydrogen-bond acceptors (Lipinski definition) is 1. The molecule has 0 bridgehead atoms. The molecule has 13 heavy (non-hydrogen) atoms. The van der Waals surface area contributed by atoms with Gasteiger partial charge in [0.05, 0.1) is 6.10 Å². The summed E-state index contributed by atoms with van der Waals surface area (Å²) in [5, 5.41) is 0. The summed E-state index contributed by atoms with van der Waals surface area (Å²) >= 11 is 0. The minimum atomic E-state index is -0.881. The van der Waals surface area contributed by atoms with Crippen LogP contribution in [0, 0.1) is 0 Å². The van der Waals surface area contributed by atoms with E-state index >= 15 is 0 Å². The normalized spacial score (nSPS) is 22.2. The lowest BCUT2D eigenvalue weighted by molar-refractivity contribution is 0.235. The highest BCUT2D eigenvalue weighted by Crippen LogP contribution is 2.55. The SMILES string of the molecule is CC(C)(C)S(C)(C)OC1CCCC1. The molecule has 1 rings (SSSR count). The lowest BCUT2D eigenvalue weighted by Gasteiger charge is -2.45. The van der Waals surface area contributed by atoms with Gasteiger partial charge in [0.1, 0.15) is 0 Å². The molecule has 0 N–H and O–H groups in total. The van der Waals surface area contributed by atoms with Crippen molar-refractivity contribution in [3.05, 3.63) is 0 Å². The van der Waals surface area contributed by atoms with Crippen LogP contribution in [0.5, 0.6) is 0 Å². The summed E-state index contributed by atoms with van der Waals surface area (Å²) < 4.78 is 6.56. The third kappa shape index (κ3) is 2.88. The Morgan fingerprint density at radius 1 is 1.08 bits per heavy atom. The Balaban J connectivity index is 2.50. The molecular formula is C11H24OS. The molecule has 0 aromatic heterocycles. The Morgan fingerprint density at radius 2 is 1.54 bits per heavy atom. The van der Waals surface area contributed by atoms with Crippen LogP contribution in [0.3, 0.4) is 0 Å². The van der Waals surface area contributed by atoms with Gasteiger partial charge in [-0.1, -0.05) is 33.6 Å². The van der Waals surface area contributed by atoms with Crippen LogP contribution in [0.2, 0.25) is 0 Å². The summed E-state index contributed by atoms with van der Waals surface area (Å²) in [6, 6.07) is 0. The molecule has 0 saturated heterocycles. The smallest absolute Gasteiger partial charge is 0.0701 e. The first-order valence-electron chi connectivity index (χ1n) is 5.24. The molecular weight excluding hydrogens is 180 g/mol. The lowest BCUT2D eigenvalue weighted by Crippen LogP contribution is -2.27. The van der Waals surface area contributed by atoms with E-state index in [1.54, 1.807) is 0 Å². The van der Waals surface area contributed by atoms with Crippen LogP contribution in [0.1, 0.15) is 46.5 Å². The highest BCUT2D eigenvalue weighted by molar-refractivity contribution is 8.29. The third-order valence-corrected chi connectivity index (χ3v) is 6.86. The van der Waals surface area contributed by atoms with Crippen molar-refractivity contribution in [1.82, 2.24) is 0 Å². The van der Waals surface area contributed by atoms with E-state index in [0.29, 0.717) is 10.9 Å². The molecule has 0 radical (unpaired) electrons. The van der Waals surface area contributed by atoms with Crippen LogP contribution >= 0.6 is 10.3 Å². The molecule has 0 aromatic carbocycles. The van der Waals surface area contributed by atoms with Crippen molar-refractivity contribution in [3.8, 4) is 0 Å². The minimum Gasteiger partial charge on any atom is -0.333 e. The summed E-state index contributed by atoms with van der Waals surface area (Å²) in [6.07, 6.45) is 10.5. The Bertz CT molecular complexity index is 163. The van der Waals surface area contributed by atoms with Crippen molar-refractivity contribution < 1.29 is 4.18 Å². The van der Waals surface area contributed by atoms with Gasteiger partial charge in [0, 0.05) is 4.75 Å². The monoisotopic (exact) mass is 204 g/mol. The third-order valence-electron chi connectivity index (χ3n) is 3.15. The maximum atomic E-state index is 6.25. The zero-order valence-electron chi connectivity index (χ0n) is 9.72. The van der Waals surface area contributed by atoms with Gasteiger partial charge < -0.3 is 4.18 Å². The van der Waals surface area contributed by atoms with E-state index in [0.717, 1.165) is 0 Å². The van der Waals surface area contributed by atoms with Gasteiger partial charge in [-0.2, -0.15) is 0 Å². The van der Waals surface area contributed by atoms with Gasteiger partial charge in [-0.15, -0.1) is 10.3 Å². The molecule has 0 aromatic rings. The average Bonchev–Trinajstić information content (AvgIpc) is 2.35. The minimum absolute atomic E-state index is 0.315. The van der Waals surface area contributed by atoms with Crippen LogP contribution in [0.25, 0.3) is 0 Å². The van der Waals surface area contributed by atoms with Crippen molar-refractivity contribution in [2.45, 2.75) is 57.3 Å². The summed E-state index contributed by atoms with van der Waals surface area (Å²) in [5.74, 6) is 0. The maximum Gasteiger partial charge on any atom is 0.0701 e. The van der Waals surface area contributed by atoms with Crippen molar-refractivity contribution in [2.75, 3.05) is 12.5 Å². The lowest BCUT2D eigenvalue weighted by atomic mass is 10.3. The van der Waals surface area contributed by atoms with Crippen LogP contribution in [-0.4, -0.2) is 23.4 Å². The molecule has 0 aliphatic heterocycles. The van der Waals surface area contributed by atoms with E-state index in [9.17, 15) is 0 Å². The topological polar surface area (TPSA) is 9.23 Å². The molecule has 1 aliphatic rings.